The Bertz CT molecular complexity index is 345. The van der Waals surface area contributed by atoms with Gasteiger partial charge in [-0.15, -0.1) is 0 Å². The molecule has 0 aromatic carbocycles. The van der Waals surface area contributed by atoms with Crippen molar-refractivity contribution in [3.8, 4) is 0 Å². The maximum Gasteiger partial charge on any atom is 0.237 e. The number of aliphatic hydroxyl groups excluding tert-OH is 1. The van der Waals surface area contributed by atoms with E-state index in [1.54, 1.807) is 0 Å². The maximum atomic E-state index is 12.5. The minimum absolute atomic E-state index is 0.0786. The first-order valence-electron chi connectivity index (χ1n) is 8.23. The lowest BCUT2D eigenvalue weighted by molar-refractivity contribution is -0.128. The molecule has 0 aromatic heterocycles. The zero-order valence-electron chi connectivity index (χ0n) is 13.6. The Morgan fingerprint density at radius 1 is 1.33 bits per heavy atom. The predicted octanol–water partition coefficient (Wildman–Crippen LogP) is 1.15. The average Bonchev–Trinajstić information content (AvgIpc) is 2.84. The number of nitrogens with one attached hydrogen (secondary N) is 1. The van der Waals surface area contributed by atoms with E-state index in [1.165, 1.54) is 0 Å². The quantitative estimate of drug-likeness (QED) is 0.799. The van der Waals surface area contributed by atoms with Gasteiger partial charge in [0.2, 0.25) is 5.91 Å². The Kier molecular flexibility index (Phi) is 5.63. The third-order valence-corrected chi connectivity index (χ3v) is 5.37. The Labute approximate surface area is 128 Å². The molecule has 0 aliphatic carbocycles. The number of nitrogens with zero attached hydrogens (tertiary/aromatic N) is 1. The van der Waals surface area contributed by atoms with Crippen LogP contribution in [0, 0.1) is 5.41 Å². The Morgan fingerprint density at radius 3 is 2.43 bits per heavy atom. The summed E-state index contributed by atoms with van der Waals surface area (Å²) in [6.45, 7) is 8.39. The van der Waals surface area contributed by atoms with Crippen LogP contribution in [0.2, 0.25) is 0 Å². The SMILES string of the molecule is CC1CCC(C)N1C(C)C(=O)NCC1(CO)CCOCC1. The summed E-state index contributed by atoms with van der Waals surface area (Å²) < 4.78 is 5.36. The molecule has 2 aliphatic rings. The highest BCUT2D eigenvalue weighted by molar-refractivity contribution is 5.81. The highest BCUT2D eigenvalue weighted by Crippen LogP contribution is 2.29. The summed E-state index contributed by atoms with van der Waals surface area (Å²) in [6.07, 6.45) is 3.96. The molecule has 2 heterocycles. The van der Waals surface area contributed by atoms with Crippen molar-refractivity contribution in [1.29, 1.82) is 0 Å². The molecular weight excluding hydrogens is 268 g/mol. The van der Waals surface area contributed by atoms with Gasteiger partial charge in [0.1, 0.15) is 0 Å². The fourth-order valence-corrected chi connectivity index (χ4v) is 3.73. The van der Waals surface area contributed by atoms with Crippen molar-refractivity contribution in [3.05, 3.63) is 0 Å². The summed E-state index contributed by atoms with van der Waals surface area (Å²) in [5.74, 6) is 0.0786. The topological polar surface area (TPSA) is 61.8 Å². The summed E-state index contributed by atoms with van der Waals surface area (Å²) in [7, 11) is 0. The van der Waals surface area contributed by atoms with Crippen LogP contribution in [0.15, 0.2) is 0 Å². The highest BCUT2D eigenvalue weighted by atomic mass is 16.5. The van der Waals surface area contributed by atoms with Crippen LogP contribution >= 0.6 is 0 Å². The second kappa shape index (κ2) is 7.07. The number of hydrogen-bond donors (Lipinski definition) is 2. The average molecular weight is 298 g/mol. The van der Waals surface area contributed by atoms with Crippen molar-refractivity contribution in [3.63, 3.8) is 0 Å². The van der Waals surface area contributed by atoms with Gasteiger partial charge < -0.3 is 15.2 Å². The fraction of sp³-hybridized carbons (Fsp3) is 0.938. The van der Waals surface area contributed by atoms with Crippen molar-refractivity contribution in [2.45, 2.75) is 64.6 Å². The largest absolute Gasteiger partial charge is 0.396 e. The number of rotatable bonds is 5. The molecule has 0 radical (unpaired) electrons. The van der Waals surface area contributed by atoms with Crippen molar-refractivity contribution < 1.29 is 14.6 Å². The van der Waals surface area contributed by atoms with Gasteiger partial charge >= 0.3 is 0 Å². The molecule has 2 N–H and O–H groups in total. The van der Waals surface area contributed by atoms with Gasteiger partial charge in [0.15, 0.2) is 0 Å². The minimum Gasteiger partial charge on any atom is -0.396 e. The van der Waals surface area contributed by atoms with Crippen LogP contribution in [0.4, 0.5) is 0 Å². The lowest BCUT2D eigenvalue weighted by atomic mass is 9.81. The predicted molar refractivity (Wildman–Crippen MR) is 82.0 cm³/mol. The summed E-state index contributed by atoms with van der Waals surface area (Å²) in [6, 6.07) is 0.833. The van der Waals surface area contributed by atoms with Crippen LogP contribution in [0.25, 0.3) is 0 Å². The maximum absolute atomic E-state index is 12.5. The smallest absolute Gasteiger partial charge is 0.237 e. The molecule has 3 unspecified atom stereocenters. The molecule has 0 aromatic rings. The molecule has 3 atom stereocenters. The van der Waals surface area contributed by atoms with E-state index in [0.717, 1.165) is 25.7 Å². The molecule has 5 heteroatoms. The van der Waals surface area contributed by atoms with Gasteiger partial charge in [-0.05, 0) is 46.5 Å². The van der Waals surface area contributed by atoms with E-state index >= 15 is 0 Å². The zero-order valence-corrected chi connectivity index (χ0v) is 13.6. The summed E-state index contributed by atoms with van der Waals surface area (Å²) >= 11 is 0. The van der Waals surface area contributed by atoms with Crippen molar-refractivity contribution in [1.82, 2.24) is 10.2 Å². The van der Waals surface area contributed by atoms with Gasteiger partial charge in [0.05, 0.1) is 12.6 Å². The van der Waals surface area contributed by atoms with Crippen LogP contribution in [0.3, 0.4) is 0 Å². The highest BCUT2D eigenvalue weighted by Gasteiger charge is 2.36. The molecule has 0 saturated carbocycles. The number of aliphatic hydroxyl groups is 1. The molecular formula is C16H30N2O3. The summed E-state index contributed by atoms with van der Waals surface area (Å²) in [5, 5.41) is 12.7. The van der Waals surface area contributed by atoms with Gasteiger partial charge in [-0.1, -0.05) is 0 Å². The van der Waals surface area contributed by atoms with E-state index in [9.17, 15) is 9.90 Å². The van der Waals surface area contributed by atoms with E-state index in [1.807, 2.05) is 6.92 Å². The fourth-order valence-electron chi connectivity index (χ4n) is 3.73. The van der Waals surface area contributed by atoms with Crippen molar-refractivity contribution in [2.24, 2.45) is 5.41 Å². The first kappa shape index (κ1) is 16.7. The molecule has 1 amide bonds. The number of carbonyl (C=O) groups is 1. The lowest BCUT2D eigenvalue weighted by Gasteiger charge is -2.37. The standard InChI is InChI=1S/C16H30N2O3/c1-12-4-5-13(2)18(12)14(3)15(20)17-10-16(11-19)6-8-21-9-7-16/h12-14,19H,4-11H2,1-3H3,(H,17,20). The van der Waals surface area contributed by atoms with E-state index in [2.05, 4.69) is 24.1 Å². The monoisotopic (exact) mass is 298 g/mol. The zero-order chi connectivity index (χ0) is 15.5. The van der Waals surface area contributed by atoms with Crippen LogP contribution in [-0.2, 0) is 9.53 Å². The van der Waals surface area contributed by atoms with Gasteiger partial charge in [-0.3, -0.25) is 9.69 Å². The number of ether oxygens (including phenoxy) is 1. The Morgan fingerprint density at radius 2 is 1.90 bits per heavy atom. The summed E-state index contributed by atoms with van der Waals surface area (Å²) in [5.41, 5.74) is -0.199. The van der Waals surface area contributed by atoms with E-state index < -0.39 is 0 Å². The van der Waals surface area contributed by atoms with Crippen LogP contribution in [0.5, 0.6) is 0 Å². The molecule has 122 valence electrons. The van der Waals surface area contributed by atoms with Gasteiger partial charge in [0, 0.05) is 37.3 Å². The van der Waals surface area contributed by atoms with Crippen LogP contribution in [-0.4, -0.2) is 60.4 Å². The van der Waals surface area contributed by atoms with E-state index in [0.29, 0.717) is 31.8 Å². The Balaban J connectivity index is 1.88. The number of likely N-dealkylation sites (tertiary alicyclic amines) is 1. The minimum atomic E-state index is -0.199. The second-order valence-electron chi connectivity index (χ2n) is 6.89. The summed E-state index contributed by atoms with van der Waals surface area (Å²) in [4.78, 5) is 14.8. The molecule has 2 fully saturated rings. The molecule has 2 aliphatic heterocycles. The van der Waals surface area contributed by atoms with E-state index in [4.69, 9.17) is 4.74 Å². The molecule has 21 heavy (non-hydrogen) atoms. The van der Waals surface area contributed by atoms with Crippen LogP contribution < -0.4 is 5.32 Å². The second-order valence-corrected chi connectivity index (χ2v) is 6.89. The van der Waals surface area contributed by atoms with Crippen LogP contribution in [0.1, 0.15) is 46.5 Å². The van der Waals surface area contributed by atoms with Crippen molar-refractivity contribution in [2.75, 3.05) is 26.4 Å². The molecule has 2 saturated heterocycles. The third-order valence-electron chi connectivity index (χ3n) is 5.37. The first-order valence-corrected chi connectivity index (χ1v) is 8.23. The van der Waals surface area contributed by atoms with Crippen molar-refractivity contribution >= 4 is 5.91 Å². The number of hydrogen-bond acceptors (Lipinski definition) is 4. The molecule has 5 nitrogen and oxygen atoms in total. The van der Waals surface area contributed by atoms with Gasteiger partial charge in [-0.2, -0.15) is 0 Å². The van der Waals surface area contributed by atoms with E-state index in [-0.39, 0.29) is 24.0 Å². The number of carbonyl (C=O) groups excluding carboxylic acids is 1. The van der Waals surface area contributed by atoms with Gasteiger partial charge in [0.25, 0.3) is 0 Å². The molecule has 2 rings (SSSR count). The Hall–Kier alpha value is -0.650. The number of amides is 1. The molecule has 0 bridgehead atoms. The first-order chi connectivity index (χ1) is 9.99. The van der Waals surface area contributed by atoms with Gasteiger partial charge in [-0.25, -0.2) is 0 Å². The third kappa shape index (κ3) is 3.76. The molecule has 0 spiro atoms. The lowest BCUT2D eigenvalue weighted by Crippen LogP contribution is -2.52. The normalized spacial score (nSPS) is 31.0.